The molecule has 5 nitrogen and oxygen atoms in total. The number of fused-ring (bicyclic) bond motifs is 3. The molecule has 2 heterocycles. The van der Waals surface area contributed by atoms with E-state index in [0.717, 1.165) is 35.2 Å². The van der Waals surface area contributed by atoms with Gasteiger partial charge in [0.05, 0.1) is 21.8 Å². The highest BCUT2D eigenvalue weighted by Crippen LogP contribution is 2.41. The van der Waals surface area contributed by atoms with Crippen molar-refractivity contribution in [2.75, 3.05) is 6.26 Å². The van der Waals surface area contributed by atoms with Gasteiger partial charge < -0.3 is 5.11 Å². The van der Waals surface area contributed by atoms with Crippen molar-refractivity contribution in [1.29, 1.82) is 0 Å². The van der Waals surface area contributed by atoms with Gasteiger partial charge in [-0.25, -0.2) is 9.79 Å². The van der Waals surface area contributed by atoms with E-state index >= 15 is 0 Å². The summed E-state index contributed by atoms with van der Waals surface area (Å²) in [4.78, 5) is 31.9. The van der Waals surface area contributed by atoms with E-state index in [1.165, 1.54) is 27.4 Å². The highest BCUT2D eigenvalue weighted by molar-refractivity contribution is 7.98. The second kappa shape index (κ2) is 9.08. The van der Waals surface area contributed by atoms with E-state index in [4.69, 9.17) is 4.99 Å². The largest absolute Gasteiger partial charge is 0.478 e. The van der Waals surface area contributed by atoms with Crippen LogP contribution in [0.1, 0.15) is 45.1 Å². The fourth-order valence-corrected chi connectivity index (χ4v) is 6.39. The van der Waals surface area contributed by atoms with Crippen molar-refractivity contribution in [1.82, 2.24) is 4.57 Å². The van der Waals surface area contributed by atoms with Crippen molar-refractivity contribution >= 4 is 40.8 Å². The van der Waals surface area contributed by atoms with E-state index < -0.39 is 5.97 Å². The highest BCUT2D eigenvalue weighted by atomic mass is 32.2. The molecule has 1 aliphatic heterocycles. The van der Waals surface area contributed by atoms with Gasteiger partial charge in [-0.3, -0.25) is 9.36 Å². The number of thioether (sulfide) groups is 1. The lowest BCUT2D eigenvalue weighted by molar-refractivity contribution is 0.0697. The molecular weight excluding hydrogens is 488 g/mol. The average Bonchev–Trinajstić information content (AvgIpc) is 3.22. The monoisotopic (exact) mass is 510 g/mol. The van der Waals surface area contributed by atoms with Crippen LogP contribution in [0.15, 0.2) is 93.1 Å². The topological polar surface area (TPSA) is 71.7 Å². The number of thiazole rings is 1. The Bertz CT molecular complexity index is 1710. The number of aromatic nitrogens is 1. The molecule has 0 bridgehead atoms. The molecule has 36 heavy (non-hydrogen) atoms. The van der Waals surface area contributed by atoms with Gasteiger partial charge in [-0.1, -0.05) is 59.9 Å². The van der Waals surface area contributed by atoms with Crippen molar-refractivity contribution < 1.29 is 9.90 Å². The minimum absolute atomic E-state index is 0.0783. The number of nitrogens with zero attached hydrogens (tertiary/aromatic N) is 2. The van der Waals surface area contributed by atoms with Crippen LogP contribution in [0.2, 0.25) is 0 Å². The van der Waals surface area contributed by atoms with Gasteiger partial charge >= 0.3 is 5.97 Å². The maximum atomic E-state index is 13.8. The third-order valence-corrected chi connectivity index (χ3v) is 8.49. The molecule has 6 rings (SSSR count). The van der Waals surface area contributed by atoms with Gasteiger partial charge in [-0.2, -0.15) is 0 Å². The van der Waals surface area contributed by atoms with Crippen LogP contribution >= 0.6 is 23.1 Å². The third-order valence-electron chi connectivity index (χ3n) is 6.76. The minimum atomic E-state index is -0.973. The van der Waals surface area contributed by atoms with Crippen molar-refractivity contribution in [3.8, 4) is 0 Å². The summed E-state index contributed by atoms with van der Waals surface area (Å²) in [6.07, 6.45) is 5.65. The molecule has 1 N–H and O–H groups in total. The zero-order chi connectivity index (χ0) is 24.8. The van der Waals surface area contributed by atoms with Crippen LogP contribution in [0.4, 0.5) is 0 Å². The van der Waals surface area contributed by atoms with Gasteiger partial charge in [-0.15, -0.1) is 11.8 Å². The molecule has 1 aliphatic carbocycles. The lowest BCUT2D eigenvalue weighted by atomic mass is 9.83. The molecule has 4 aromatic rings. The molecule has 1 aromatic heterocycles. The second-order valence-electron chi connectivity index (χ2n) is 8.81. The summed E-state index contributed by atoms with van der Waals surface area (Å²) >= 11 is 3.07. The Kier molecular flexibility index (Phi) is 5.74. The van der Waals surface area contributed by atoms with Crippen molar-refractivity contribution in [2.24, 2.45) is 4.99 Å². The fraction of sp³-hybridized carbons (Fsp3) is 0.138. The first-order chi connectivity index (χ1) is 17.5. The summed E-state index contributed by atoms with van der Waals surface area (Å²) in [5, 5.41) is 9.18. The molecule has 0 spiro atoms. The van der Waals surface area contributed by atoms with Gasteiger partial charge in [-0.05, 0) is 71.7 Å². The van der Waals surface area contributed by atoms with Crippen molar-refractivity contribution in [3.63, 3.8) is 0 Å². The van der Waals surface area contributed by atoms with Gasteiger partial charge in [0.25, 0.3) is 5.56 Å². The number of hydrogen-bond acceptors (Lipinski definition) is 5. The zero-order valence-corrected chi connectivity index (χ0v) is 21.1. The van der Waals surface area contributed by atoms with Gasteiger partial charge in [0, 0.05) is 10.5 Å². The van der Waals surface area contributed by atoms with Crippen LogP contribution < -0.4 is 14.9 Å². The summed E-state index contributed by atoms with van der Waals surface area (Å²) in [5.74, 6) is -0.973. The number of carboxylic acid groups (broad SMARTS) is 1. The highest BCUT2D eigenvalue weighted by Gasteiger charge is 2.32. The van der Waals surface area contributed by atoms with Crippen LogP contribution in [0, 0.1) is 0 Å². The van der Waals surface area contributed by atoms with Crippen LogP contribution in [0.25, 0.3) is 11.8 Å². The molecule has 0 amide bonds. The van der Waals surface area contributed by atoms with Gasteiger partial charge in [0.1, 0.15) is 0 Å². The number of benzene rings is 3. The van der Waals surface area contributed by atoms with Gasteiger partial charge in [0.2, 0.25) is 0 Å². The van der Waals surface area contributed by atoms with Crippen LogP contribution in [-0.4, -0.2) is 21.9 Å². The van der Waals surface area contributed by atoms with Crippen molar-refractivity contribution in [3.05, 3.63) is 126 Å². The summed E-state index contributed by atoms with van der Waals surface area (Å²) in [7, 11) is 0. The summed E-state index contributed by atoms with van der Waals surface area (Å²) in [6, 6.07) is 23.2. The number of carbonyl (C=O) groups is 1. The predicted octanol–water partition coefficient (Wildman–Crippen LogP) is 4.74. The van der Waals surface area contributed by atoms with E-state index in [9.17, 15) is 14.7 Å². The normalized spacial score (nSPS) is 16.7. The fourth-order valence-electron chi connectivity index (χ4n) is 4.98. The molecular formula is C29H22N2O3S2. The quantitative estimate of drug-likeness (QED) is 0.403. The van der Waals surface area contributed by atoms with Crippen molar-refractivity contribution in [2.45, 2.75) is 23.8 Å². The number of rotatable bonds is 4. The van der Waals surface area contributed by atoms with Crippen LogP contribution in [-0.2, 0) is 6.42 Å². The maximum absolute atomic E-state index is 13.8. The Morgan fingerprint density at radius 3 is 2.53 bits per heavy atom. The summed E-state index contributed by atoms with van der Waals surface area (Å²) < 4.78 is 2.42. The van der Waals surface area contributed by atoms with Crippen LogP contribution in [0.3, 0.4) is 0 Å². The third kappa shape index (κ3) is 3.85. The molecule has 2 aliphatic rings. The first-order valence-corrected chi connectivity index (χ1v) is 13.7. The number of carboxylic acids is 1. The SMILES string of the molecule is CSc1ccc([C@@H]2C3=C(N=c4s/c(=C\c5ccc(C(=O)O)cc5)c(=O)n42)c2ccccc2CC3)cc1. The Hall–Kier alpha value is -3.68. The van der Waals surface area contributed by atoms with E-state index in [1.807, 2.05) is 16.7 Å². The Labute approximate surface area is 215 Å². The Morgan fingerprint density at radius 2 is 1.81 bits per heavy atom. The molecule has 0 unspecified atom stereocenters. The molecule has 0 radical (unpaired) electrons. The van der Waals surface area contributed by atoms with E-state index in [0.29, 0.717) is 9.33 Å². The zero-order valence-electron chi connectivity index (χ0n) is 19.5. The molecule has 0 fully saturated rings. The minimum Gasteiger partial charge on any atom is -0.478 e. The first kappa shape index (κ1) is 22.8. The lowest BCUT2D eigenvalue weighted by Gasteiger charge is -2.30. The lowest BCUT2D eigenvalue weighted by Crippen LogP contribution is -2.38. The summed E-state index contributed by atoms with van der Waals surface area (Å²) in [6.45, 7) is 0. The standard InChI is InChI=1S/C29H22N2O3S2/c1-35-21-13-10-19(11-14-21)26-23-15-12-18-4-2-3-5-22(18)25(23)30-29-31(26)27(32)24(36-29)16-17-6-8-20(9-7-17)28(33)34/h2-11,13-14,16,26H,12,15H2,1H3,(H,33,34)/b24-16-/t26-/m1/s1. The maximum Gasteiger partial charge on any atom is 0.335 e. The average molecular weight is 511 g/mol. The predicted molar refractivity (Wildman–Crippen MR) is 144 cm³/mol. The summed E-state index contributed by atoms with van der Waals surface area (Å²) in [5.41, 5.74) is 6.58. The smallest absolute Gasteiger partial charge is 0.335 e. The second-order valence-corrected chi connectivity index (χ2v) is 10.7. The van der Waals surface area contributed by atoms with E-state index in [2.05, 4.69) is 48.7 Å². The Balaban J connectivity index is 1.56. The van der Waals surface area contributed by atoms with E-state index in [1.54, 1.807) is 36.0 Å². The molecule has 3 aromatic carbocycles. The molecule has 7 heteroatoms. The number of allylic oxidation sites excluding steroid dienone is 1. The molecule has 178 valence electrons. The van der Waals surface area contributed by atoms with Crippen LogP contribution in [0.5, 0.6) is 0 Å². The van der Waals surface area contributed by atoms with E-state index in [-0.39, 0.29) is 17.2 Å². The number of aromatic carboxylic acids is 1. The molecule has 0 saturated heterocycles. The molecule has 1 atom stereocenters. The van der Waals surface area contributed by atoms with Gasteiger partial charge in [0.15, 0.2) is 4.80 Å². The first-order valence-electron chi connectivity index (χ1n) is 11.6. The number of hydrogen-bond donors (Lipinski definition) is 1. The Morgan fingerprint density at radius 1 is 1.06 bits per heavy atom. The molecule has 0 saturated carbocycles. The number of aryl methyl sites for hydroxylation is 1.